The maximum Gasteiger partial charge on any atom is 0.328 e. The van der Waals surface area contributed by atoms with Crippen LogP contribution in [0.4, 0.5) is 0 Å². The van der Waals surface area contributed by atoms with Gasteiger partial charge >= 0.3 is 5.69 Å². The molecule has 1 saturated carbocycles. The zero-order valence-corrected chi connectivity index (χ0v) is 19.7. The number of benzene rings is 2. The molecule has 0 spiro atoms. The summed E-state index contributed by atoms with van der Waals surface area (Å²) in [6.07, 6.45) is 1.36. The van der Waals surface area contributed by atoms with Crippen molar-refractivity contribution in [1.82, 2.24) is 9.55 Å². The van der Waals surface area contributed by atoms with Crippen molar-refractivity contribution < 1.29 is 9.53 Å². The van der Waals surface area contributed by atoms with E-state index in [9.17, 15) is 14.7 Å². The Hall–Kier alpha value is -2.74. The van der Waals surface area contributed by atoms with Gasteiger partial charge in [-0.1, -0.05) is 81.4 Å². The topological polar surface area (TPSA) is 84.3 Å². The van der Waals surface area contributed by atoms with Crippen LogP contribution in [0.1, 0.15) is 33.2 Å². The second kappa shape index (κ2) is 8.65. The van der Waals surface area contributed by atoms with Gasteiger partial charge in [-0.2, -0.15) is 0 Å². The molecule has 1 aliphatic rings. The number of rotatable bonds is 6. The quantitative estimate of drug-likeness (QED) is 0.563. The molecule has 0 saturated heterocycles. The Labute approximate surface area is 188 Å². The van der Waals surface area contributed by atoms with Crippen LogP contribution in [0.15, 0.2) is 82.5 Å². The van der Waals surface area contributed by atoms with E-state index < -0.39 is 25.7 Å². The minimum atomic E-state index is -2.67. The fraction of sp³-hybridized carbons (Fsp3) is 0.360. The average molecular weight is 451 g/mol. The van der Waals surface area contributed by atoms with E-state index in [0.29, 0.717) is 13.0 Å². The molecule has 7 heteroatoms. The Morgan fingerprint density at radius 2 is 1.56 bits per heavy atom. The van der Waals surface area contributed by atoms with Gasteiger partial charge in [0.1, 0.15) is 0 Å². The molecule has 4 rings (SSSR count). The third-order valence-electron chi connectivity index (χ3n) is 6.56. The highest BCUT2D eigenvalue weighted by Gasteiger charge is 2.52. The summed E-state index contributed by atoms with van der Waals surface area (Å²) >= 11 is 0. The molecule has 0 bridgehead atoms. The van der Waals surface area contributed by atoms with Crippen LogP contribution in [0.3, 0.4) is 0 Å². The van der Waals surface area contributed by atoms with Gasteiger partial charge in [-0.3, -0.25) is 14.3 Å². The van der Waals surface area contributed by atoms with Crippen molar-refractivity contribution in [3.8, 4) is 0 Å². The summed E-state index contributed by atoms with van der Waals surface area (Å²) in [5.41, 5.74) is -0.931. The molecule has 1 heterocycles. The van der Waals surface area contributed by atoms with Crippen LogP contribution in [-0.4, -0.2) is 35.7 Å². The Morgan fingerprint density at radius 3 is 2.03 bits per heavy atom. The van der Waals surface area contributed by atoms with Crippen LogP contribution in [0.2, 0.25) is 5.04 Å². The van der Waals surface area contributed by atoms with E-state index in [1.807, 2.05) is 36.4 Å². The van der Waals surface area contributed by atoms with E-state index in [0.717, 1.165) is 0 Å². The lowest BCUT2D eigenvalue weighted by atomic mass is 9.77. The highest BCUT2D eigenvalue weighted by atomic mass is 28.4. The van der Waals surface area contributed by atoms with E-state index in [1.54, 1.807) is 0 Å². The minimum Gasteiger partial charge on any atom is -0.407 e. The highest BCUT2D eigenvalue weighted by Crippen LogP contribution is 2.41. The molecular formula is C25H30N2O4Si. The van der Waals surface area contributed by atoms with Crippen molar-refractivity contribution in [2.45, 2.75) is 44.4 Å². The fourth-order valence-electron chi connectivity index (χ4n) is 4.83. The summed E-state index contributed by atoms with van der Waals surface area (Å²) in [6.45, 7) is 7.07. The molecule has 3 aromatic rings. The second-order valence-electron chi connectivity index (χ2n) is 9.55. The lowest BCUT2D eigenvalue weighted by Crippen LogP contribution is -2.67. The molecule has 3 atom stereocenters. The number of nitrogens with zero attached hydrogens (tertiary/aromatic N) is 1. The molecule has 2 aromatic carbocycles. The smallest absolute Gasteiger partial charge is 0.328 e. The summed E-state index contributed by atoms with van der Waals surface area (Å²) in [5.74, 6) is -0.0829. The largest absolute Gasteiger partial charge is 0.407 e. The van der Waals surface area contributed by atoms with Gasteiger partial charge in [0.2, 0.25) is 0 Å². The van der Waals surface area contributed by atoms with Gasteiger partial charge in [-0.25, -0.2) is 4.79 Å². The maximum absolute atomic E-state index is 12.1. The van der Waals surface area contributed by atoms with E-state index in [2.05, 4.69) is 50.0 Å². The van der Waals surface area contributed by atoms with Crippen molar-refractivity contribution in [2.24, 2.45) is 5.92 Å². The van der Waals surface area contributed by atoms with Gasteiger partial charge < -0.3 is 9.53 Å². The van der Waals surface area contributed by atoms with Gasteiger partial charge in [0.15, 0.2) is 0 Å². The van der Waals surface area contributed by atoms with E-state index in [4.69, 9.17) is 4.43 Å². The maximum atomic E-state index is 12.1. The van der Waals surface area contributed by atoms with Gasteiger partial charge in [0.25, 0.3) is 13.9 Å². The molecule has 1 fully saturated rings. The zero-order valence-electron chi connectivity index (χ0n) is 18.7. The summed E-state index contributed by atoms with van der Waals surface area (Å²) in [4.78, 5) is 25.7. The molecule has 0 radical (unpaired) electrons. The first-order chi connectivity index (χ1) is 15.2. The molecule has 0 aliphatic heterocycles. The lowest BCUT2D eigenvalue weighted by molar-refractivity contribution is -0.0550. The summed E-state index contributed by atoms with van der Waals surface area (Å²) in [5, 5.41) is 13.1. The average Bonchev–Trinajstić information content (AvgIpc) is 2.77. The van der Waals surface area contributed by atoms with Crippen LogP contribution in [0, 0.1) is 5.92 Å². The molecule has 32 heavy (non-hydrogen) atoms. The Kier molecular flexibility index (Phi) is 6.07. The molecule has 0 amide bonds. The predicted octanol–water partition coefficient (Wildman–Crippen LogP) is 2.04. The number of aliphatic hydroxyl groups excluding tert-OH is 1. The number of hydrogen-bond acceptors (Lipinski definition) is 4. The minimum absolute atomic E-state index is 0.0829. The van der Waals surface area contributed by atoms with Crippen LogP contribution in [0.5, 0.6) is 0 Å². The fourth-order valence-corrected chi connectivity index (χ4v) is 9.45. The third kappa shape index (κ3) is 3.92. The lowest BCUT2D eigenvalue weighted by Gasteiger charge is -2.47. The van der Waals surface area contributed by atoms with E-state index in [1.165, 1.54) is 27.2 Å². The standard InChI is InChI=1S/C25H30N2O4Si/c1-25(2,3)32(19-10-6-4-7-11-19,20-12-8-5-9-13-20)31-17-18-16-21(23(18)29)27-15-14-22(28)26-24(27)30/h4-15,18,21,23,29H,16-17H2,1-3H3,(H,26,28,30). The molecular weight excluding hydrogens is 420 g/mol. The van der Waals surface area contributed by atoms with Gasteiger partial charge in [-0.05, 0) is 21.8 Å². The summed E-state index contributed by atoms with van der Waals surface area (Å²) in [7, 11) is -2.67. The SMILES string of the molecule is CC(C)(C)[Si](OCC1CC(n2ccc(=O)[nH]c2=O)C1O)(c1ccccc1)c1ccccc1. The van der Waals surface area contributed by atoms with Crippen molar-refractivity contribution >= 4 is 18.7 Å². The summed E-state index contributed by atoms with van der Waals surface area (Å²) in [6, 6.07) is 21.7. The molecule has 1 aromatic heterocycles. The number of hydrogen-bond donors (Lipinski definition) is 2. The van der Waals surface area contributed by atoms with Crippen molar-refractivity contribution in [2.75, 3.05) is 6.61 Å². The normalized spacial score (nSPS) is 21.2. The Balaban J connectivity index is 1.62. The number of aliphatic hydroxyl groups is 1. The highest BCUT2D eigenvalue weighted by molar-refractivity contribution is 6.99. The van der Waals surface area contributed by atoms with Crippen LogP contribution >= 0.6 is 0 Å². The molecule has 2 N–H and O–H groups in total. The van der Waals surface area contributed by atoms with Crippen LogP contribution in [-0.2, 0) is 4.43 Å². The first-order valence-corrected chi connectivity index (χ1v) is 12.9. The number of nitrogens with one attached hydrogen (secondary N) is 1. The van der Waals surface area contributed by atoms with Crippen LogP contribution in [0.25, 0.3) is 0 Å². The molecule has 3 unspecified atom stereocenters. The second-order valence-corrected chi connectivity index (χ2v) is 13.9. The van der Waals surface area contributed by atoms with Crippen molar-refractivity contribution in [3.63, 3.8) is 0 Å². The predicted molar refractivity (Wildman–Crippen MR) is 128 cm³/mol. The van der Waals surface area contributed by atoms with Crippen LogP contribution < -0.4 is 21.6 Å². The van der Waals surface area contributed by atoms with Gasteiger partial charge in [-0.15, -0.1) is 0 Å². The van der Waals surface area contributed by atoms with Crippen molar-refractivity contribution in [3.05, 3.63) is 93.8 Å². The monoisotopic (exact) mass is 450 g/mol. The molecule has 1 aliphatic carbocycles. The Bertz CT molecular complexity index is 1130. The first kappa shape index (κ1) is 22.5. The first-order valence-electron chi connectivity index (χ1n) is 11.0. The van der Waals surface area contributed by atoms with Crippen molar-refractivity contribution in [1.29, 1.82) is 0 Å². The zero-order chi connectivity index (χ0) is 22.9. The third-order valence-corrected chi connectivity index (χ3v) is 11.6. The van der Waals surface area contributed by atoms with Gasteiger partial charge in [0.05, 0.1) is 12.1 Å². The van der Waals surface area contributed by atoms with Gasteiger partial charge in [0, 0.05) is 24.8 Å². The van der Waals surface area contributed by atoms with E-state index in [-0.39, 0.29) is 17.0 Å². The molecule has 168 valence electrons. The Morgan fingerprint density at radius 1 is 1.00 bits per heavy atom. The van der Waals surface area contributed by atoms with E-state index >= 15 is 0 Å². The number of H-pyrrole nitrogens is 1. The number of aromatic amines is 1. The number of aromatic nitrogens is 2. The summed E-state index contributed by atoms with van der Waals surface area (Å²) < 4.78 is 8.32. The molecule has 6 nitrogen and oxygen atoms in total.